The highest BCUT2D eigenvalue weighted by molar-refractivity contribution is 6.04. The number of nitrogens with zero attached hydrogens (tertiary/aromatic N) is 1. The first-order chi connectivity index (χ1) is 10.5. The van der Waals surface area contributed by atoms with Crippen LogP contribution in [0, 0.1) is 5.82 Å². The molecule has 0 saturated carbocycles. The van der Waals surface area contributed by atoms with Gasteiger partial charge in [-0.25, -0.2) is 9.38 Å². The summed E-state index contributed by atoms with van der Waals surface area (Å²) >= 11 is 0. The molecule has 1 aliphatic rings. The summed E-state index contributed by atoms with van der Waals surface area (Å²) in [5.41, 5.74) is 0.220. The van der Waals surface area contributed by atoms with E-state index in [0.29, 0.717) is 6.54 Å². The average Bonchev–Trinajstić information content (AvgIpc) is 2.97. The lowest BCUT2D eigenvalue weighted by atomic mass is 10.2. The van der Waals surface area contributed by atoms with Gasteiger partial charge in [-0.2, -0.15) is 0 Å². The molecule has 120 valence electrons. The highest BCUT2D eigenvalue weighted by Gasteiger charge is 2.17. The smallest absolute Gasteiger partial charge is 0.292 e. The second-order valence-electron chi connectivity index (χ2n) is 5.41. The van der Waals surface area contributed by atoms with E-state index >= 15 is 0 Å². The Morgan fingerprint density at radius 1 is 1.55 bits per heavy atom. The van der Waals surface area contributed by atoms with E-state index in [1.54, 1.807) is 0 Å². The van der Waals surface area contributed by atoms with Crippen molar-refractivity contribution in [3.63, 3.8) is 0 Å². The molecule has 6 heteroatoms. The fourth-order valence-electron chi connectivity index (χ4n) is 2.10. The molecule has 0 aromatic heterocycles. The van der Waals surface area contributed by atoms with Gasteiger partial charge in [0.2, 0.25) is 0 Å². The third-order valence-electron chi connectivity index (χ3n) is 3.12. The Kier molecular flexibility index (Phi) is 5.89. The maximum atomic E-state index is 13.2. The largest absolute Gasteiger partial charge is 0.462 e. The Morgan fingerprint density at radius 2 is 2.36 bits per heavy atom. The van der Waals surface area contributed by atoms with Gasteiger partial charge in [-0.05, 0) is 44.9 Å². The molecule has 1 N–H and O–H groups in total. The lowest BCUT2D eigenvalue weighted by Gasteiger charge is -2.14. The normalized spacial score (nSPS) is 18.5. The van der Waals surface area contributed by atoms with Gasteiger partial charge in [0.05, 0.1) is 18.8 Å². The van der Waals surface area contributed by atoms with Crippen LogP contribution in [-0.4, -0.2) is 37.3 Å². The first-order valence-electron chi connectivity index (χ1n) is 7.44. The number of carbonyl (C=O) groups is 1. The maximum absolute atomic E-state index is 13.2. The monoisotopic (exact) mass is 308 g/mol. The van der Waals surface area contributed by atoms with E-state index in [0.717, 1.165) is 19.4 Å². The number of nitrogens with one attached hydrogen (secondary N) is 1. The van der Waals surface area contributed by atoms with Crippen LogP contribution in [0.3, 0.4) is 0 Å². The molecule has 0 bridgehead atoms. The zero-order chi connectivity index (χ0) is 15.9. The molecule has 1 saturated heterocycles. The van der Waals surface area contributed by atoms with Crippen LogP contribution in [0.15, 0.2) is 29.3 Å². The second-order valence-corrected chi connectivity index (χ2v) is 5.41. The van der Waals surface area contributed by atoms with Crippen molar-refractivity contribution in [1.29, 1.82) is 0 Å². The number of carbonyl (C=O) groups excluding carboxylic acids is 1. The molecule has 0 aliphatic carbocycles. The fourth-order valence-corrected chi connectivity index (χ4v) is 2.10. The number of ether oxygens (including phenoxy) is 2. The summed E-state index contributed by atoms with van der Waals surface area (Å²) in [6.45, 7) is 4.87. The molecule has 1 aliphatic heterocycles. The summed E-state index contributed by atoms with van der Waals surface area (Å²) in [6.07, 6.45) is 1.92. The van der Waals surface area contributed by atoms with E-state index in [1.807, 2.05) is 13.8 Å². The van der Waals surface area contributed by atoms with Crippen LogP contribution in [0.25, 0.3) is 0 Å². The van der Waals surface area contributed by atoms with Crippen LogP contribution in [0.2, 0.25) is 0 Å². The van der Waals surface area contributed by atoms with Gasteiger partial charge in [-0.15, -0.1) is 0 Å². The third-order valence-corrected chi connectivity index (χ3v) is 3.12. The topological polar surface area (TPSA) is 59.9 Å². The number of amides is 1. The molecule has 1 fully saturated rings. The van der Waals surface area contributed by atoms with E-state index in [-0.39, 0.29) is 23.8 Å². The molecule has 5 nitrogen and oxygen atoms in total. The first kappa shape index (κ1) is 16.4. The quantitative estimate of drug-likeness (QED) is 0.687. The minimum Gasteiger partial charge on any atom is -0.462 e. The maximum Gasteiger partial charge on any atom is 0.292 e. The van der Waals surface area contributed by atoms with Gasteiger partial charge in [0.15, 0.2) is 0 Å². The van der Waals surface area contributed by atoms with Gasteiger partial charge < -0.3 is 9.47 Å². The Bertz CT molecular complexity index is 540. The number of amidine groups is 1. The van der Waals surface area contributed by atoms with E-state index in [1.165, 1.54) is 24.3 Å². The summed E-state index contributed by atoms with van der Waals surface area (Å²) in [6, 6.07) is 5.61. The van der Waals surface area contributed by atoms with E-state index < -0.39 is 11.7 Å². The summed E-state index contributed by atoms with van der Waals surface area (Å²) in [5, 5.41) is 2.58. The molecule has 1 heterocycles. The minimum absolute atomic E-state index is 0.0665. The Balaban J connectivity index is 2.01. The van der Waals surface area contributed by atoms with Crippen LogP contribution in [0.5, 0.6) is 0 Å². The van der Waals surface area contributed by atoms with Crippen molar-refractivity contribution < 1.29 is 18.7 Å². The molecule has 1 amide bonds. The van der Waals surface area contributed by atoms with Gasteiger partial charge in [-0.1, -0.05) is 6.07 Å². The zero-order valence-electron chi connectivity index (χ0n) is 12.8. The SMILES string of the molecule is CC(C)OC(=NC[C@H]1CCCO1)NC(=O)c1cccc(F)c1. The van der Waals surface area contributed by atoms with Crippen molar-refractivity contribution >= 4 is 11.9 Å². The first-order valence-corrected chi connectivity index (χ1v) is 7.44. The molecule has 22 heavy (non-hydrogen) atoms. The molecule has 0 radical (unpaired) electrons. The number of aliphatic imine (C=N–C) groups is 1. The van der Waals surface area contributed by atoms with Gasteiger partial charge >= 0.3 is 0 Å². The van der Waals surface area contributed by atoms with Crippen molar-refractivity contribution in [1.82, 2.24) is 5.32 Å². The van der Waals surface area contributed by atoms with E-state index in [2.05, 4.69) is 10.3 Å². The zero-order valence-corrected chi connectivity index (χ0v) is 12.8. The van der Waals surface area contributed by atoms with E-state index in [9.17, 15) is 9.18 Å². The minimum atomic E-state index is -0.463. The molecular formula is C16H21FN2O3. The summed E-state index contributed by atoms with van der Waals surface area (Å²) in [5.74, 6) is -0.915. The van der Waals surface area contributed by atoms with Crippen LogP contribution in [0.1, 0.15) is 37.0 Å². The molecule has 1 aromatic rings. The number of rotatable bonds is 4. The molecular weight excluding hydrogens is 287 g/mol. The van der Waals surface area contributed by atoms with Crippen molar-refractivity contribution in [2.45, 2.75) is 38.9 Å². The van der Waals surface area contributed by atoms with Gasteiger partial charge in [0.1, 0.15) is 5.82 Å². The fraction of sp³-hybridized carbons (Fsp3) is 0.500. The van der Waals surface area contributed by atoms with Crippen LogP contribution < -0.4 is 5.32 Å². The van der Waals surface area contributed by atoms with Crippen molar-refractivity contribution in [2.75, 3.05) is 13.2 Å². The van der Waals surface area contributed by atoms with Gasteiger partial charge in [-0.3, -0.25) is 10.1 Å². The van der Waals surface area contributed by atoms with Crippen LogP contribution in [0.4, 0.5) is 4.39 Å². The standard InChI is InChI=1S/C16H21FN2O3/c1-11(2)22-16(18-10-14-7-4-8-21-14)19-15(20)12-5-3-6-13(17)9-12/h3,5-6,9,11,14H,4,7-8,10H2,1-2H3,(H,18,19,20)/t14-/m1/s1. The predicted molar refractivity (Wildman–Crippen MR) is 81.4 cm³/mol. The molecule has 0 spiro atoms. The summed E-state index contributed by atoms with van der Waals surface area (Å²) < 4.78 is 24.2. The predicted octanol–water partition coefficient (Wildman–Crippen LogP) is 2.52. The van der Waals surface area contributed by atoms with Crippen molar-refractivity contribution in [3.8, 4) is 0 Å². The van der Waals surface area contributed by atoms with Gasteiger partial charge in [0.25, 0.3) is 11.9 Å². The lowest BCUT2D eigenvalue weighted by Crippen LogP contribution is -2.35. The van der Waals surface area contributed by atoms with E-state index in [4.69, 9.17) is 9.47 Å². The lowest BCUT2D eigenvalue weighted by molar-refractivity contribution is 0.0955. The molecule has 0 unspecified atom stereocenters. The average molecular weight is 308 g/mol. The van der Waals surface area contributed by atoms with Crippen molar-refractivity contribution in [2.24, 2.45) is 4.99 Å². The molecule has 2 rings (SSSR count). The number of halogens is 1. The Labute approximate surface area is 129 Å². The molecule has 1 atom stereocenters. The summed E-state index contributed by atoms with van der Waals surface area (Å²) in [7, 11) is 0. The van der Waals surface area contributed by atoms with Crippen molar-refractivity contribution in [3.05, 3.63) is 35.6 Å². The number of hydrogen-bond donors (Lipinski definition) is 1. The molecule has 1 aromatic carbocycles. The Hall–Kier alpha value is -1.95. The number of benzene rings is 1. The van der Waals surface area contributed by atoms with Gasteiger partial charge in [0, 0.05) is 12.2 Å². The Morgan fingerprint density at radius 3 is 3.00 bits per heavy atom. The highest BCUT2D eigenvalue weighted by atomic mass is 19.1. The third kappa shape index (κ3) is 5.11. The summed E-state index contributed by atoms with van der Waals surface area (Å²) in [4.78, 5) is 16.4. The van der Waals surface area contributed by atoms with Crippen LogP contribution in [-0.2, 0) is 9.47 Å². The van der Waals surface area contributed by atoms with Crippen LogP contribution >= 0.6 is 0 Å². The number of hydrogen-bond acceptors (Lipinski definition) is 4. The highest BCUT2D eigenvalue weighted by Crippen LogP contribution is 2.12. The second kappa shape index (κ2) is 7.89.